The number of hydrogen-bond donors (Lipinski definition) is 3. The number of benzene rings is 1. The number of carbonyl (C=O) groups is 3. The highest BCUT2D eigenvalue weighted by molar-refractivity contribution is 7.80. The van der Waals surface area contributed by atoms with Crippen LogP contribution in [0.5, 0.6) is 5.75 Å². The van der Waals surface area contributed by atoms with Crippen molar-refractivity contribution < 1.29 is 23.9 Å². The summed E-state index contributed by atoms with van der Waals surface area (Å²) in [6.07, 6.45) is 7.16. The summed E-state index contributed by atoms with van der Waals surface area (Å²) in [5, 5.41) is 7.86. The Hall–Kier alpha value is -3.53. The van der Waals surface area contributed by atoms with Crippen LogP contribution in [0, 0.1) is 0 Å². The molecule has 0 aliphatic rings. The van der Waals surface area contributed by atoms with Gasteiger partial charge in [0.1, 0.15) is 11.6 Å². The zero-order chi connectivity index (χ0) is 24.1. The molecule has 0 fully saturated rings. The van der Waals surface area contributed by atoms with E-state index in [0.717, 1.165) is 19.3 Å². The van der Waals surface area contributed by atoms with Gasteiger partial charge in [0.25, 0.3) is 5.91 Å². The predicted molar refractivity (Wildman–Crippen MR) is 129 cm³/mol. The topological polar surface area (TPSA) is 119 Å². The Kier molecular flexibility index (Phi) is 10.8. The van der Waals surface area contributed by atoms with Crippen molar-refractivity contribution in [2.24, 2.45) is 0 Å². The third-order valence-corrected chi connectivity index (χ3v) is 4.70. The number of nitrogens with one attached hydrogen (secondary N) is 3. The maximum Gasteiger partial charge on any atom is 0.396 e. The summed E-state index contributed by atoms with van der Waals surface area (Å²) in [5.41, 5.74) is 0.924. The van der Waals surface area contributed by atoms with Gasteiger partial charge in [0.2, 0.25) is 0 Å². The van der Waals surface area contributed by atoms with Crippen molar-refractivity contribution in [2.75, 3.05) is 24.4 Å². The van der Waals surface area contributed by atoms with E-state index >= 15 is 0 Å². The molecule has 0 bridgehead atoms. The monoisotopic (exact) mass is 472 g/mol. The van der Waals surface area contributed by atoms with Crippen molar-refractivity contribution in [2.45, 2.75) is 39.0 Å². The van der Waals surface area contributed by atoms with Crippen molar-refractivity contribution in [3.63, 3.8) is 0 Å². The summed E-state index contributed by atoms with van der Waals surface area (Å²) in [6, 6.07) is 10.1. The normalized spacial score (nSPS) is 10.1. The van der Waals surface area contributed by atoms with E-state index < -0.39 is 17.8 Å². The lowest BCUT2D eigenvalue weighted by Gasteiger charge is -2.11. The van der Waals surface area contributed by atoms with E-state index in [1.54, 1.807) is 0 Å². The second-order valence-electron chi connectivity index (χ2n) is 7.07. The molecule has 1 aromatic carbocycles. The third-order valence-electron chi connectivity index (χ3n) is 4.49. The molecule has 2 amide bonds. The molecule has 3 N–H and O–H groups in total. The molecule has 0 unspecified atom stereocenters. The summed E-state index contributed by atoms with van der Waals surface area (Å²) < 4.78 is 10.0. The number of nitrogens with zero attached hydrogens (tertiary/aromatic N) is 1. The van der Waals surface area contributed by atoms with Crippen molar-refractivity contribution in [3.8, 4) is 5.75 Å². The number of aromatic nitrogens is 1. The molecule has 0 atom stereocenters. The fraction of sp³-hybridized carbons (Fsp3) is 0.348. The first-order chi connectivity index (χ1) is 15.9. The minimum atomic E-state index is -1.04. The Morgan fingerprint density at radius 3 is 2.33 bits per heavy atom. The number of esters is 1. The van der Waals surface area contributed by atoms with Gasteiger partial charge in [0.15, 0.2) is 5.11 Å². The number of amides is 2. The van der Waals surface area contributed by atoms with Gasteiger partial charge in [-0.2, -0.15) is 0 Å². The largest absolute Gasteiger partial charge is 0.494 e. The number of unbranched alkanes of at least 4 members (excludes halogenated alkanes) is 4. The fourth-order valence-corrected chi connectivity index (χ4v) is 2.94. The molecule has 1 heterocycles. The fourth-order valence-electron chi connectivity index (χ4n) is 2.73. The van der Waals surface area contributed by atoms with E-state index in [4.69, 9.17) is 17.0 Å². The van der Waals surface area contributed by atoms with E-state index in [1.807, 2.05) is 24.3 Å². The van der Waals surface area contributed by atoms with Gasteiger partial charge in [-0.25, -0.2) is 9.78 Å². The smallest absolute Gasteiger partial charge is 0.396 e. The number of pyridine rings is 1. The molecule has 0 spiro atoms. The number of carbonyl (C=O) groups excluding carboxylic acids is 3. The van der Waals surface area contributed by atoms with Crippen molar-refractivity contribution in [1.82, 2.24) is 10.3 Å². The highest BCUT2D eigenvalue weighted by Gasteiger charge is 2.15. The summed E-state index contributed by atoms with van der Waals surface area (Å²) in [5.74, 6) is -1.61. The number of ether oxygens (including phenoxy) is 2. The minimum Gasteiger partial charge on any atom is -0.494 e. The lowest BCUT2D eigenvalue weighted by molar-refractivity contribution is -0.150. The average molecular weight is 473 g/mol. The SMILES string of the molecule is CCCCCCCOc1ccc(NC(=S)NC(=O)c2ccc(NC(=O)C(=O)OC)nc2)cc1. The number of methoxy groups -OCH3 is 1. The molecule has 0 saturated heterocycles. The molecule has 2 aromatic rings. The molecule has 33 heavy (non-hydrogen) atoms. The molecule has 9 nitrogen and oxygen atoms in total. The van der Waals surface area contributed by atoms with Crippen LogP contribution in [-0.4, -0.2) is 41.6 Å². The van der Waals surface area contributed by atoms with Gasteiger partial charge in [-0.1, -0.05) is 32.6 Å². The quantitative estimate of drug-likeness (QED) is 0.207. The van der Waals surface area contributed by atoms with Crippen molar-refractivity contribution in [3.05, 3.63) is 48.2 Å². The Balaban J connectivity index is 1.77. The minimum absolute atomic E-state index is 0.103. The van der Waals surface area contributed by atoms with Crippen LogP contribution in [0.3, 0.4) is 0 Å². The summed E-state index contributed by atoms with van der Waals surface area (Å²) >= 11 is 5.19. The molecular formula is C23H28N4O5S. The number of rotatable bonds is 10. The number of hydrogen-bond acceptors (Lipinski definition) is 7. The van der Waals surface area contributed by atoms with Gasteiger partial charge < -0.3 is 20.1 Å². The Morgan fingerprint density at radius 1 is 0.970 bits per heavy atom. The first-order valence-corrected chi connectivity index (χ1v) is 11.0. The summed E-state index contributed by atoms with van der Waals surface area (Å²) in [6.45, 7) is 2.88. The predicted octanol–water partition coefficient (Wildman–Crippen LogP) is 3.67. The lowest BCUT2D eigenvalue weighted by atomic mass is 10.2. The first kappa shape index (κ1) is 25.7. The maximum atomic E-state index is 12.3. The first-order valence-electron chi connectivity index (χ1n) is 10.6. The number of thiocarbonyl (C=S) groups is 1. The second-order valence-corrected chi connectivity index (χ2v) is 7.48. The second kappa shape index (κ2) is 13.8. The van der Waals surface area contributed by atoms with Crippen LogP contribution in [-0.2, 0) is 14.3 Å². The van der Waals surface area contributed by atoms with Gasteiger partial charge in [0, 0.05) is 11.9 Å². The Labute approximate surface area is 198 Å². The zero-order valence-corrected chi connectivity index (χ0v) is 19.5. The van der Waals surface area contributed by atoms with E-state index in [2.05, 4.69) is 32.6 Å². The molecule has 0 radical (unpaired) electrons. The molecular weight excluding hydrogens is 444 g/mol. The number of anilines is 2. The molecule has 0 saturated carbocycles. The Bertz CT molecular complexity index is 948. The summed E-state index contributed by atoms with van der Waals surface area (Å²) in [7, 11) is 1.10. The van der Waals surface area contributed by atoms with Crippen LogP contribution in [0.25, 0.3) is 0 Å². The van der Waals surface area contributed by atoms with Crippen LogP contribution >= 0.6 is 12.2 Å². The standard InChI is InChI=1S/C23H28N4O5S/c1-3-4-5-6-7-14-32-18-11-9-17(10-12-18)25-23(33)27-20(28)16-8-13-19(24-15-16)26-21(29)22(30)31-2/h8-13,15H,3-7,14H2,1-2H3,(H,24,26,29)(H2,25,27,28,33). The lowest BCUT2D eigenvalue weighted by Crippen LogP contribution is -2.34. The average Bonchev–Trinajstić information content (AvgIpc) is 2.82. The highest BCUT2D eigenvalue weighted by Crippen LogP contribution is 2.16. The highest BCUT2D eigenvalue weighted by atomic mass is 32.1. The molecule has 176 valence electrons. The van der Waals surface area contributed by atoms with E-state index in [-0.39, 0.29) is 16.5 Å². The van der Waals surface area contributed by atoms with Crippen LogP contribution in [0.4, 0.5) is 11.5 Å². The molecule has 2 rings (SSSR count). The van der Waals surface area contributed by atoms with Crippen molar-refractivity contribution >= 4 is 46.6 Å². The van der Waals surface area contributed by atoms with Crippen LogP contribution < -0.4 is 20.7 Å². The maximum absolute atomic E-state index is 12.3. The van der Waals surface area contributed by atoms with Crippen molar-refractivity contribution in [1.29, 1.82) is 0 Å². The third kappa shape index (κ3) is 9.24. The Morgan fingerprint density at radius 2 is 1.70 bits per heavy atom. The molecule has 0 aliphatic heterocycles. The van der Waals surface area contributed by atoms with Gasteiger partial charge >= 0.3 is 11.9 Å². The van der Waals surface area contributed by atoms with E-state index in [0.29, 0.717) is 12.3 Å². The van der Waals surface area contributed by atoms with Crippen LogP contribution in [0.1, 0.15) is 49.4 Å². The van der Waals surface area contributed by atoms with Gasteiger partial charge in [-0.3, -0.25) is 14.9 Å². The van der Waals surface area contributed by atoms with Gasteiger partial charge in [-0.05, 0) is 55.0 Å². The molecule has 0 aliphatic carbocycles. The van der Waals surface area contributed by atoms with E-state index in [1.165, 1.54) is 44.0 Å². The summed E-state index contributed by atoms with van der Waals surface area (Å²) in [4.78, 5) is 38.8. The van der Waals surface area contributed by atoms with Crippen LogP contribution in [0.15, 0.2) is 42.6 Å². The van der Waals surface area contributed by atoms with E-state index in [9.17, 15) is 14.4 Å². The zero-order valence-electron chi connectivity index (χ0n) is 18.7. The molecule has 10 heteroatoms. The van der Waals surface area contributed by atoms with Crippen LogP contribution in [0.2, 0.25) is 0 Å². The van der Waals surface area contributed by atoms with Gasteiger partial charge in [-0.15, -0.1) is 0 Å². The molecule has 1 aromatic heterocycles. The van der Waals surface area contributed by atoms with Gasteiger partial charge in [0.05, 0.1) is 19.3 Å².